The number of aromatic hydroxyl groups is 1. The van der Waals surface area contributed by atoms with Crippen LogP contribution in [0.25, 0.3) is 11.1 Å². The summed E-state index contributed by atoms with van der Waals surface area (Å²) in [5, 5.41) is 12.4. The van der Waals surface area contributed by atoms with E-state index < -0.39 is 28.7 Å². The smallest absolute Gasteiger partial charge is 0.277 e. The molecule has 32 heavy (non-hydrogen) atoms. The van der Waals surface area contributed by atoms with E-state index in [1.807, 2.05) is 29.3 Å². The molecule has 6 rings (SSSR count). The molecule has 1 aromatic heterocycles. The van der Waals surface area contributed by atoms with Crippen LogP contribution in [0.2, 0.25) is 0 Å². The number of nitrogens with zero attached hydrogens (tertiary/aromatic N) is 3. The van der Waals surface area contributed by atoms with Crippen LogP contribution in [0.4, 0.5) is 8.78 Å². The molecule has 1 fully saturated rings. The van der Waals surface area contributed by atoms with E-state index in [4.69, 9.17) is 0 Å². The van der Waals surface area contributed by atoms with Crippen molar-refractivity contribution in [3.63, 3.8) is 0 Å². The van der Waals surface area contributed by atoms with Gasteiger partial charge < -0.3 is 10.0 Å². The van der Waals surface area contributed by atoms with Gasteiger partial charge in [0.1, 0.15) is 6.17 Å². The quantitative estimate of drug-likeness (QED) is 0.587. The van der Waals surface area contributed by atoms with Crippen molar-refractivity contribution in [1.82, 2.24) is 9.58 Å². The Labute approximate surface area is 181 Å². The maximum Gasteiger partial charge on any atom is 0.277 e. The summed E-state index contributed by atoms with van der Waals surface area (Å²) >= 11 is 0. The summed E-state index contributed by atoms with van der Waals surface area (Å²) in [6.45, 7) is 0. The molecule has 0 spiro atoms. The van der Waals surface area contributed by atoms with Crippen LogP contribution in [-0.4, -0.2) is 33.8 Å². The van der Waals surface area contributed by atoms with Gasteiger partial charge in [0.2, 0.25) is 5.43 Å². The third kappa shape index (κ3) is 2.32. The first kappa shape index (κ1) is 19.0. The number of benzene rings is 2. The van der Waals surface area contributed by atoms with Crippen LogP contribution < -0.4 is 10.4 Å². The second-order valence-corrected chi connectivity index (χ2v) is 8.57. The van der Waals surface area contributed by atoms with Gasteiger partial charge in [-0.25, -0.2) is 8.78 Å². The zero-order valence-electron chi connectivity index (χ0n) is 17.1. The van der Waals surface area contributed by atoms with Gasteiger partial charge in [0, 0.05) is 25.2 Å². The van der Waals surface area contributed by atoms with Crippen LogP contribution in [0.3, 0.4) is 0 Å². The molecule has 2 aliphatic heterocycles. The summed E-state index contributed by atoms with van der Waals surface area (Å²) in [6, 6.07) is 11.1. The molecule has 1 amide bonds. The molecule has 162 valence electrons. The molecular weight excluding hydrogens is 416 g/mol. The lowest BCUT2D eigenvalue weighted by Gasteiger charge is -2.55. The molecule has 1 saturated heterocycles. The minimum atomic E-state index is -0.892. The topological polar surface area (TPSA) is 65.8 Å². The van der Waals surface area contributed by atoms with Crippen molar-refractivity contribution >= 4 is 5.91 Å². The Morgan fingerprint density at radius 2 is 1.72 bits per heavy atom. The number of halogens is 2. The average molecular weight is 435 g/mol. The van der Waals surface area contributed by atoms with E-state index in [-0.39, 0.29) is 23.8 Å². The maximum absolute atomic E-state index is 14.3. The number of amides is 1. The Kier molecular flexibility index (Phi) is 3.82. The minimum absolute atomic E-state index is 0.0922. The zero-order valence-corrected chi connectivity index (χ0v) is 17.1. The van der Waals surface area contributed by atoms with E-state index >= 15 is 0 Å². The van der Waals surface area contributed by atoms with Crippen LogP contribution in [0.1, 0.15) is 46.4 Å². The zero-order chi connectivity index (χ0) is 22.3. The number of piperidine rings is 1. The minimum Gasteiger partial charge on any atom is -0.502 e. The summed E-state index contributed by atoms with van der Waals surface area (Å²) in [6.07, 6.45) is 2.44. The number of pyridine rings is 1. The van der Waals surface area contributed by atoms with Crippen molar-refractivity contribution in [2.24, 2.45) is 0 Å². The van der Waals surface area contributed by atoms with Crippen molar-refractivity contribution < 1.29 is 18.7 Å². The van der Waals surface area contributed by atoms with Gasteiger partial charge in [-0.2, -0.15) is 0 Å². The first-order valence-electron chi connectivity index (χ1n) is 10.5. The van der Waals surface area contributed by atoms with E-state index in [9.17, 15) is 23.5 Å². The van der Waals surface area contributed by atoms with E-state index in [2.05, 4.69) is 0 Å². The van der Waals surface area contributed by atoms with Crippen molar-refractivity contribution in [3.05, 3.63) is 87.3 Å². The van der Waals surface area contributed by atoms with Crippen molar-refractivity contribution in [2.45, 2.75) is 31.0 Å². The summed E-state index contributed by atoms with van der Waals surface area (Å²) in [5.74, 6) is -2.97. The predicted octanol–water partition coefficient (Wildman–Crippen LogP) is 3.48. The third-order valence-corrected chi connectivity index (χ3v) is 7.04. The molecule has 2 aromatic carbocycles. The highest BCUT2D eigenvalue weighted by Gasteiger charge is 2.49. The fourth-order valence-corrected chi connectivity index (χ4v) is 5.64. The van der Waals surface area contributed by atoms with Crippen LogP contribution in [0.5, 0.6) is 5.75 Å². The Morgan fingerprint density at radius 1 is 0.969 bits per heavy atom. The fraction of sp³-hybridized carbons (Fsp3) is 0.250. The Balaban J connectivity index is 1.64. The van der Waals surface area contributed by atoms with Crippen molar-refractivity contribution in [3.8, 4) is 16.9 Å². The van der Waals surface area contributed by atoms with Gasteiger partial charge >= 0.3 is 0 Å². The molecule has 0 bridgehead atoms. The molecule has 3 unspecified atom stereocenters. The highest BCUT2D eigenvalue weighted by molar-refractivity contribution is 5.96. The standard InChI is InChI=1S/C24H19F2N3O3/c1-27-20-7-6-14-16-11-18(26)17(25)10-15(16)12-4-2-3-5-13(12)21(14)29(20)28-9-8-19(30)23(31)22(28)24(27)32/h2-5,8-11,14,20-21,31H,6-7H2,1H3. The molecule has 3 atom stereocenters. The van der Waals surface area contributed by atoms with Crippen molar-refractivity contribution in [1.29, 1.82) is 0 Å². The number of aromatic nitrogens is 1. The molecule has 1 N–H and O–H groups in total. The molecular formula is C24H19F2N3O3. The van der Waals surface area contributed by atoms with Crippen LogP contribution in [0, 0.1) is 11.6 Å². The Bertz CT molecular complexity index is 1370. The molecule has 0 radical (unpaired) electrons. The van der Waals surface area contributed by atoms with Gasteiger partial charge in [0.05, 0.1) is 6.04 Å². The van der Waals surface area contributed by atoms with Gasteiger partial charge in [-0.1, -0.05) is 24.3 Å². The van der Waals surface area contributed by atoms with Crippen LogP contribution in [-0.2, 0) is 0 Å². The van der Waals surface area contributed by atoms with Crippen molar-refractivity contribution in [2.75, 3.05) is 12.1 Å². The number of fused-ring (bicyclic) bond motifs is 10. The highest BCUT2D eigenvalue weighted by atomic mass is 19.2. The number of carbonyl (C=O) groups is 1. The molecule has 3 heterocycles. The van der Waals surface area contributed by atoms with Gasteiger partial charge in [0.15, 0.2) is 23.1 Å². The molecule has 3 aliphatic rings. The lowest BCUT2D eigenvalue weighted by Crippen LogP contribution is -2.64. The van der Waals surface area contributed by atoms with Gasteiger partial charge in [-0.3, -0.25) is 19.3 Å². The third-order valence-electron chi connectivity index (χ3n) is 7.04. The second kappa shape index (κ2) is 6.41. The second-order valence-electron chi connectivity index (χ2n) is 8.57. The monoisotopic (exact) mass is 435 g/mol. The van der Waals surface area contributed by atoms with Crippen LogP contribution in [0.15, 0.2) is 53.5 Å². The maximum atomic E-state index is 14.3. The largest absolute Gasteiger partial charge is 0.502 e. The number of carbonyl (C=O) groups excluding carboxylic acids is 1. The molecule has 8 heteroatoms. The summed E-state index contributed by atoms with van der Waals surface area (Å²) in [5.41, 5.74) is 2.39. The Morgan fingerprint density at radius 3 is 2.53 bits per heavy atom. The predicted molar refractivity (Wildman–Crippen MR) is 113 cm³/mol. The molecule has 6 nitrogen and oxygen atoms in total. The Hall–Kier alpha value is -3.68. The normalized spacial score (nSPS) is 23.1. The summed E-state index contributed by atoms with van der Waals surface area (Å²) < 4.78 is 30.0. The van der Waals surface area contributed by atoms with E-state index in [1.54, 1.807) is 11.7 Å². The van der Waals surface area contributed by atoms with Gasteiger partial charge in [-0.05, 0) is 47.2 Å². The number of hydrogen-bond donors (Lipinski definition) is 1. The molecule has 3 aromatic rings. The van der Waals surface area contributed by atoms with E-state index in [1.165, 1.54) is 29.3 Å². The first-order chi connectivity index (χ1) is 15.4. The highest BCUT2D eigenvalue weighted by Crippen LogP contribution is 2.54. The van der Waals surface area contributed by atoms with Gasteiger partial charge in [-0.15, -0.1) is 0 Å². The van der Waals surface area contributed by atoms with Gasteiger partial charge in [0.25, 0.3) is 5.91 Å². The SMILES string of the molecule is CN1C(=O)c2c(O)c(=O)ccn2N2C3c4ccccc4-c4cc(F)c(F)cc4C3CCC12. The molecule has 1 aliphatic carbocycles. The van der Waals surface area contributed by atoms with E-state index in [0.29, 0.717) is 18.4 Å². The lowest BCUT2D eigenvalue weighted by atomic mass is 9.71. The number of rotatable bonds is 0. The summed E-state index contributed by atoms with van der Waals surface area (Å²) in [4.78, 5) is 26.6. The lowest BCUT2D eigenvalue weighted by molar-refractivity contribution is 0.0532. The average Bonchev–Trinajstić information content (AvgIpc) is 2.80. The van der Waals surface area contributed by atoms with Crippen LogP contribution >= 0.6 is 0 Å². The van der Waals surface area contributed by atoms with E-state index in [0.717, 1.165) is 16.7 Å². The first-order valence-corrected chi connectivity index (χ1v) is 10.5. The molecule has 0 saturated carbocycles. The number of hydrogen-bond acceptors (Lipinski definition) is 4. The fourth-order valence-electron chi connectivity index (χ4n) is 5.64. The summed E-state index contributed by atoms with van der Waals surface area (Å²) in [7, 11) is 1.65.